The monoisotopic (exact) mass is 293 g/mol. The van der Waals surface area contributed by atoms with Gasteiger partial charge in [-0.15, -0.1) is 0 Å². The summed E-state index contributed by atoms with van der Waals surface area (Å²) in [5, 5.41) is 9.39. The molecule has 1 aliphatic heterocycles. The number of carbonyl (C=O) groups is 2. The summed E-state index contributed by atoms with van der Waals surface area (Å²) in [5.74, 6) is -0.930. The number of halogens is 1. The Morgan fingerprint density at radius 3 is 2.81 bits per heavy atom. The van der Waals surface area contributed by atoms with E-state index in [0.29, 0.717) is 18.4 Å². The molecule has 0 unspecified atom stereocenters. The number of methoxy groups -OCH3 is 1. The van der Waals surface area contributed by atoms with Gasteiger partial charge >= 0.3 is 12.1 Å². The maximum Gasteiger partial charge on any atom is 0.408 e. The molecule has 2 atom stereocenters. The van der Waals surface area contributed by atoms with Crippen LogP contribution in [0.5, 0.6) is 0 Å². The molecule has 6 heteroatoms. The van der Waals surface area contributed by atoms with E-state index in [1.165, 1.54) is 36.3 Å². The van der Waals surface area contributed by atoms with Gasteiger partial charge in [0.25, 0.3) is 0 Å². The van der Waals surface area contributed by atoms with Crippen LogP contribution < -0.4 is 0 Å². The molecule has 1 heterocycles. The predicted octanol–water partition coefficient (Wildman–Crippen LogP) is 2.74. The molecule has 0 aromatic heterocycles. The minimum atomic E-state index is -1.10. The first kappa shape index (κ1) is 15.0. The summed E-state index contributed by atoms with van der Waals surface area (Å²) in [6, 6.07) is 5.09. The molecule has 1 aromatic carbocycles. The van der Waals surface area contributed by atoms with Crippen LogP contribution in [-0.4, -0.2) is 35.2 Å². The van der Waals surface area contributed by atoms with E-state index in [4.69, 9.17) is 0 Å². The summed E-state index contributed by atoms with van der Waals surface area (Å²) >= 11 is 0. The van der Waals surface area contributed by atoms with Gasteiger partial charge in [0, 0.05) is 6.08 Å². The van der Waals surface area contributed by atoms with Gasteiger partial charge in [0.2, 0.25) is 0 Å². The number of benzene rings is 1. The minimum Gasteiger partial charge on any atom is -0.466 e. The van der Waals surface area contributed by atoms with Crippen LogP contribution in [0.1, 0.15) is 24.4 Å². The van der Waals surface area contributed by atoms with Crippen LogP contribution in [0.25, 0.3) is 0 Å². The van der Waals surface area contributed by atoms with Crippen molar-refractivity contribution < 1.29 is 23.8 Å². The highest BCUT2D eigenvalue weighted by Crippen LogP contribution is 2.36. The van der Waals surface area contributed by atoms with Gasteiger partial charge in [-0.25, -0.2) is 14.0 Å². The molecule has 0 bridgehead atoms. The first-order chi connectivity index (χ1) is 10.0. The number of hydrogen-bond donors (Lipinski definition) is 1. The van der Waals surface area contributed by atoms with Crippen LogP contribution in [0.15, 0.2) is 36.4 Å². The standard InChI is InChI=1S/C15H16FNO4/c1-21-14(18)8-6-12-5-7-13(17(12)15(19)20)10-3-2-4-11(16)9-10/h2-4,6,8-9,12-13H,5,7H2,1H3,(H,19,20)/t12-,13+/m1/s1. The Labute approximate surface area is 121 Å². The van der Waals surface area contributed by atoms with Gasteiger partial charge in [0.1, 0.15) is 5.82 Å². The summed E-state index contributed by atoms with van der Waals surface area (Å²) in [5.41, 5.74) is 0.617. The molecule has 0 aliphatic carbocycles. The zero-order chi connectivity index (χ0) is 15.4. The van der Waals surface area contributed by atoms with Crippen LogP contribution in [0.2, 0.25) is 0 Å². The Balaban J connectivity index is 2.23. The molecule has 1 fully saturated rings. The largest absolute Gasteiger partial charge is 0.466 e. The molecule has 1 aliphatic rings. The summed E-state index contributed by atoms with van der Waals surface area (Å²) < 4.78 is 17.8. The Kier molecular flexibility index (Phi) is 4.57. The molecule has 0 spiro atoms. The van der Waals surface area contributed by atoms with Gasteiger partial charge in [0.05, 0.1) is 19.2 Å². The van der Waals surface area contributed by atoms with Crippen LogP contribution >= 0.6 is 0 Å². The van der Waals surface area contributed by atoms with Gasteiger partial charge in [-0.05, 0) is 30.5 Å². The van der Waals surface area contributed by atoms with Gasteiger partial charge in [-0.3, -0.25) is 4.90 Å². The number of rotatable bonds is 3. The van der Waals surface area contributed by atoms with Crippen molar-refractivity contribution >= 4 is 12.1 Å². The smallest absolute Gasteiger partial charge is 0.408 e. The van der Waals surface area contributed by atoms with Gasteiger partial charge in [-0.1, -0.05) is 18.2 Å². The minimum absolute atomic E-state index is 0.397. The molecule has 112 valence electrons. The van der Waals surface area contributed by atoms with E-state index in [1.807, 2.05) is 0 Å². The molecule has 0 radical (unpaired) electrons. The Bertz CT molecular complexity index is 573. The van der Waals surface area contributed by atoms with Crippen LogP contribution in [0.4, 0.5) is 9.18 Å². The van der Waals surface area contributed by atoms with Gasteiger partial charge in [0.15, 0.2) is 0 Å². The second-order valence-corrected chi connectivity index (χ2v) is 4.79. The lowest BCUT2D eigenvalue weighted by atomic mass is 10.0. The lowest BCUT2D eigenvalue weighted by molar-refractivity contribution is -0.134. The number of likely N-dealkylation sites (tertiary alicyclic amines) is 1. The third-order valence-corrected chi connectivity index (χ3v) is 3.54. The number of amides is 1. The summed E-state index contributed by atoms with van der Waals surface area (Å²) in [6.07, 6.45) is 2.78. The quantitative estimate of drug-likeness (QED) is 0.687. The maximum absolute atomic E-state index is 13.3. The van der Waals surface area contributed by atoms with Crippen molar-refractivity contribution in [2.45, 2.75) is 24.9 Å². The van der Waals surface area contributed by atoms with Crippen molar-refractivity contribution in [3.63, 3.8) is 0 Å². The van der Waals surface area contributed by atoms with Crippen molar-refractivity contribution in [3.05, 3.63) is 47.8 Å². The van der Waals surface area contributed by atoms with Gasteiger partial charge < -0.3 is 9.84 Å². The third kappa shape index (κ3) is 3.39. The lowest BCUT2D eigenvalue weighted by Crippen LogP contribution is -2.35. The highest BCUT2D eigenvalue weighted by atomic mass is 19.1. The van der Waals surface area contributed by atoms with Crippen LogP contribution in [0, 0.1) is 5.82 Å². The second-order valence-electron chi connectivity index (χ2n) is 4.79. The normalized spacial score (nSPS) is 21.7. The number of hydrogen-bond acceptors (Lipinski definition) is 3. The molecule has 0 saturated carbocycles. The topological polar surface area (TPSA) is 66.8 Å². The molecule has 1 amide bonds. The number of esters is 1. The number of carbonyl (C=O) groups excluding carboxylic acids is 1. The molecule has 1 N–H and O–H groups in total. The van der Waals surface area contributed by atoms with Gasteiger partial charge in [-0.2, -0.15) is 0 Å². The fourth-order valence-corrected chi connectivity index (χ4v) is 2.60. The summed E-state index contributed by atoms with van der Waals surface area (Å²) in [7, 11) is 1.26. The predicted molar refractivity (Wildman–Crippen MR) is 73.2 cm³/mol. The van der Waals surface area contributed by atoms with Crippen LogP contribution in [-0.2, 0) is 9.53 Å². The fourth-order valence-electron chi connectivity index (χ4n) is 2.60. The molecular weight excluding hydrogens is 277 g/mol. The summed E-state index contributed by atoms with van der Waals surface area (Å²) in [4.78, 5) is 23.8. The Hall–Kier alpha value is -2.37. The van der Waals surface area contributed by atoms with Crippen molar-refractivity contribution in [1.29, 1.82) is 0 Å². The molecule has 2 rings (SSSR count). The average Bonchev–Trinajstić information content (AvgIpc) is 2.88. The van der Waals surface area contributed by atoms with Crippen molar-refractivity contribution in [2.75, 3.05) is 7.11 Å². The van der Waals surface area contributed by atoms with E-state index in [2.05, 4.69) is 4.74 Å². The second kappa shape index (κ2) is 6.39. The number of ether oxygens (including phenoxy) is 1. The third-order valence-electron chi connectivity index (χ3n) is 3.54. The maximum atomic E-state index is 13.3. The first-order valence-corrected chi connectivity index (χ1v) is 6.56. The molecule has 5 nitrogen and oxygen atoms in total. The average molecular weight is 293 g/mol. The Morgan fingerprint density at radius 2 is 2.19 bits per heavy atom. The van der Waals surface area contributed by atoms with Crippen molar-refractivity contribution in [3.8, 4) is 0 Å². The van der Waals surface area contributed by atoms with E-state index in [1.54, 1.807) is 12.1 Å². The van der Waals surface area contributed by atoms with Crippen molar-refractivity contribution in [2.24, 2.45) is 0 Å². The Morgan fingerprint density at radius 1 is 1.43 bits per heavy atom. The highest BCUT2D eigenvalue weighted by Gasteiger charge is 2.36. The molecule has 1 aromatic rings. The van der Waals surface area contributed by atoms with Crippen molar-refractivity contribution in [1.82, 2.24) is 4.90 Å². The lowest BCUT2D eigenvalue weighted by Gasteiger charge is -2.26. The van der Waals surface area contributed by atoms with E-state index < -0.39 is 30.0 Å². The highest BCUT2D eigenvalue weighted by molar-refractivity contribution is 5.82. The first-order valence-electron chi connectivity index (χ1n) is 6.56. The number of nitrogens with zero attached hydrogens (tertiary/aromatic N) is 1. The zero-order valence-electron chi connectivity index (χ0n) is 11.5. The molecule has 1 saturated heterocycles. The molecule has 21 heavy (non-hydrogen) atoms. The van der Waals surface area contributed by atoms with E-state index in [0.717, 1.165) is 0 Å². The SMILES string of the molecule is COC(=O)C=C[C@H]1CC[C@@H](c2cccc(F)c2)N1C(=O)O. The fraction of sp³-hybridized carbons (Fsp3) is 0.333. The zero-order valence-corrected chi connectivity index (χ0v) is 11.5. The molecular formula is C15H16FNO4. The summed E-state index contributed by atoms with van der Waals surface area (Å²) in [6.45, 7) is 0. The van der Waals surface area contributed by atoms with E-state index >= 15 is 0 Å². The van der Waals surface area contributed by atoms with E-state index in [-0.39, 0.29) is 0 Å². The van der Waals surface area contributed by atoms with Crippen LogP contribution in [0.3, 0.4) is 0 Å². The number of carboxylic acid groups (broad SMARTS) is 1. The van der Waals surface area contributed by atoms with E-state index in [9.17, 15) is 19.1 Å².